The average molecular weight is 303 g/mol. The van der Waals surface area contributed by atoms with Crippen molar-refractivity contribution in [2.75, 3.05) is 11.9 Å². The third kappa shape index (κ3) is 3.23. The van der Waals surface area contributed by atoms with Crippen LogP contribution in [0.4, 0.5) is 5.13 Å². The summed E-state index contributed by atoms with van der Waals surface area (Å²) in [5.41, 5.74) is 1.52. The van der Waals surface area contributed by atoms with Gasteiger partial charge in [0.1, 0.15) is 6.54 Å². The van der Waals surface area contributed by atoms with Crippen LogP contribution >= 0.6 is 11.3 Å². The molecular formula is C13H13N5O2S. The molecule has 0 fully saturated rings. The molecule has 0 radical (unpaired) electrons. The number of benzene rings is 1. The SMILES string of the molecule is O=C(Cn1cc(CCO)nn1)Nc1nc2ccccc2s1. The Hall–Kier alpha value is -2.32. The molecule has 0 spiro atoms. The number of thiazole rings is 1. The van der Waals surface area contributed by atoms with Crippen LogP contribution in [0.25, 0.3) is 10.2 Å². The molecule has 21 heavy (non-hydrogen) atoms. The van der Waals surface area contributed by atoms with Gasteiger partial charge >= 0.3 is 0 Å². The molecule has 0 saturated heterocycles. The minimum absolute atomic E-state index is 0.0105. The summed E-state index contributed by atoms with van der Waals surface area (Å²) in [4.78, 5) is 16.3. The molecule has 0 unspecified atom stereocenters. The summed E-state index contributed by atoms with van der Waals surface area (Å²) in [5, 5.41) is 19.8. The van der Waals surface area contributed by atoms with E-state index in [1.54, 1.807) is 6.20 Å². The highest BCUT2D eigenvalue weighted by molar-refractivity contribution is 7.22. The molecule has 1 aromatic carbocycles. The molecule has 0 aliphatic rings. The van der Waals surface area contributed by atoms with Crippen LogP contribution in [0.2, 0.25) is 0 Å². The van der Waals surface area contributed by atoms with Gasteiger partial charge in [-0.05, 0) is 12.1 Å². The maximum atomic E-state index is 11.9. The zero-order valence-corrected chi connectivity index (χ0v) is 11.9. The molecule has 3 rings (SSSR count). The number of fused-ring (bicyclic) bond motifs is 1. The van der Waals surface area contributed by atoms with Gasteiger partial charge < -0.3 is 10.4 Å². The van der Waals surface area contributed by atoms with Crippen molar-refractivity contribution in [2.24, 2.45) is 0 Å². The van der Waals surface area contributed by atoms with Crippen LogP contribution in [0, 0.1) is 0 Å². The Labute approximate surface area is 124 Å². The summed E-state index contributed by atoms with van der Waals surface area (Å²) in [6, 6.07) is 7.71. The first-order valence-corrected chi connectivity index (χ1v) is 7.21. The summed E-state index contributed by atoms with van der Waals surface area (Å²) >= 11 is 1.43. The number of aliphatic hydroxyl groups excluding tert-OH is 1. The van der Waals surface area contributed by atoms with E-state index in [0.717, 1.165) is 10.2 Å². The van der Waals surface area contributed by atoms with Crippen LogP contribution in [0.1, 0.15) is 5.69 Å². The first-order chi connectivity index (χ1) is 10.2. The number of aromatic nitrogens is 4. The lowest BCUT2D eigenvalue weighted by Gasteiger charge is -2.00. The summed E-state index contributed by atoms with van der Waals surface area (Å²) in [7, 11) is 0. The number of hydrogen-bond donors (Lipinski definition) is 2. The van der Waals surface area contributed by atoms with Crippen molar-refractivity contribution < 1.29 is 9.90 Å². The fraction of sp³-hybridized carbons (Fsp3) is 0.231. The van der Waals surface area contributed by atoms with Crippen LogP contribution < -0.4 is 5.32 Å². The fourth-order valence-corrected chi connectivity index (χ4v) is 2.76. The second-order valence-electron chi connectivity index (χ2n) is 4.42. The van der Waals surface area contributed by atoms with Gasteiger partial charge in [0.15, 0.2) is 5.13 Å². The van der Waals surface area contributed by atoms with E-state index in [2.05, 4.69) is 20.6 Å². The molecule has 1 amide bonds. The summed E-state index contributed by atoms with van der Waals surface area (Å²) in [6.07, 6.45) is 2.08. The molecule has 7 nitrogen and oxygen atoms in total. The molecule has 0 aliphatic heterocycles. The van der Waals surface area contributed by atoms with Crippen molar-refractivity contribution in [2.45, 2.75) is 13.0 Å². The Balaban J connectivity index is 1.65. The van der Waals surface area contributed by atoms with E-state index in [9.17, 15) is 4.79 Å². The van der Waals surface area contributed by atoms with Crippen LogP contribution in [0.5, 0.6) is 0 Å². The van der Waals surface area contributed by atoms with Crippen LogP contribution in [-0.4, -0.2) is 37.6 Å². The van der Waals surface area contributed by atoms with E-state index in [1.807, 2.05) is 24.3 Å². The number of carbonyl (C=O) groups excluding carboxylic acids is 1. The number of rotatable bonds is 5. The molecule has 0 atom stereocenters. The standard InChI is InChI=1S/C13H13N5O2S/c19-6-5-9-7-18(17-16-9)8-12(20)15-13-14-10-3-1-2-4-11(10)21-13/h1-4,7,19H,5-6,8H2,(H,14,15,20). The number of carbonyl (C=O) groups is 1. The van der Waals surface area contributed by atoms with Gasteiger partial charge in [-0.3, -0.25) is 4.79 Å². The smallest absolute Gasteiger partial charge is 0.247 e. The van der Waals surface area contributed by atoms with Gasteiger partial charge in [-0.25, -0.2) is 9.67 Å². The van der Waals surface area contributed by atoms with Crippen LogP contribution in [0.3, 0.4) is 0 Å². The Morgan fingerprint density at radius 3 is 3.05 bits per heavy atom. The normalized spacial score (nSPS) is 10.9. The molecule has 0 aliphatic carbocycles. The van der Waals surface area contributed by atoms with Gasteiger partial charge in [0, 0.05) is 19.2 Å². The molecule has 8 heteroatoms. The van der Waals surface area contributed by atoms with Crippen LogP contribution in [0.15, 0.2) is 30.5 Å². The van der Waals surface area contributed by atoms with Crippen LogP contribution in [-0.2, 0) is 17.8 Å². The Morgan fingerprint density at radius 1 is 1.38 bits per heavy atom. The maximum absolute atomic E-state index is 11.9. The highest BCUT2D eigenvalue weighted by Crippen LogP contribution is 2.25. The lowest BCUT2D eigenvalue weighted by molar-refractivity contribution is -0.116. The minimum atomic E-state index is -0.213. The molecule has 0 bridgehead atoms. The van der Waals surface area contributed by atoms with Gasteiger partial charge in [-0.2, -0.15) is 0 Å². The molecule has 3 aromatic rings. The summed E-state index contributed by atoms with van der Waals surface area (Å²) < 4.78 is 2.46. The van der Waals surface area contributed by atoms with Gasteiger partial charge in [0.2, 0.25) is 5.91 Å². The van der Waals surface area contributed by atoms with Crippen molar-refractivity contribution in [3.8, 4) is 0 Å². The predicted octanol–water partition coefficient (Wildman–Crippen LogP) is 1.06. The molecule has 2 N–H and O–H groups in total. The quantitative estimate of drug-likeness (QED) is 0.735. The first kappa shape index (κ1) is 13.7. The average Bonchev–Trinajstić information content (AvgIpc) is 3.05. The van der Waals surface area contributed by atoms with E-state index < -0.39 is 0 Å². The van der Waals surface area contributed by atoms with Crippen molar-refractivity contribution in [1.29, 1.82) is 0 Å². The summed E-state index contributed by atoms with van der Waals surface area (Å²) in [5.74, 6) is -0.213. The molecule has 2 heterocycles. The van der Waals surface area contributed by atoms with Gasteiger partial charge in [0.05, 0.1) is 15.9 Å². The van der Waals surface area contributed by atoms with E-state index in [1.165, 1.54) is 16.0 Å². The third-order valence-electron chi connectivity index (χ3n) is 2.80. The first-order valence-electron chi connectivity index (χ1n) is 6.40. The number of para-hydroxylation sites is 1. The zero-order chi connectivity index (χ0) is 14.7. The minimum Gasteiger partial charge on any atom is -0.396 e. The molecule has 108 valence electrons. The molecule has 2 aromatic heterocycles. The fourth-order valence-electron chi connectivity index (χ4n) is 1.88. The summed E-state index contributed by atoms with van der Waals surface area (Å²) in [6.45, 7) is 0.0744. The zero-order valence-electron chi connectivity index (χ0n) is 11.1. The largest absolute Gasteiger partial charge is 0.396 e. The van der Waals surface area contributed by atoms with Gasteiger partial charge in [0.25, 0.3) is 0 Å². The topological polar surface area (TPSA) is 92.9 Å². The number of aliphatic hydroxyl groups is 1. The Kier molecular flexibility index (Phi) is 3.89. The van der Waals surface area contributed by atoms with Gasteiger partial charge in [-0.15, -0.1) is 5.10 Å². The number of nitrogens with one attached hydrogen (secondary N) is 1. The van der Waals surface area contributed by atoms with Crippen molar-refractivity contribution in [3.63, 3.8) is 0 Å². The number of amides is 1. The predicted molar refractivity (Wildman–Crippen MR) is 79.1 cm³/mol. The van der Waals surface area contributed by atoms with E-state index in [-0.39, 0.29) is 19.1 Å². The highest BCUT2D eigenvalue weighted by atomic mass is 32.1. The molecule has 0 saturated carbocycles. The number of anilines is 1. The van der Waals surface area contributed by atoms with Gasteiger partial charge in [-0.1, -0.05) is 28.7 Å². The van der Waals surface area contributed by atoms with E-state index >= 15 is 0 Å². The maximum Gasteiger partial charge on any atom is 0.247 e. The lowest BCUT2D eigenvalue weighted by atomic mass is 10.3. The monoisotopic (exact) mass is 303 g/mol. The van der Waals surface area contributed by atoms with Crippen molar-refractivity contribution in [1.82, 2.24) is 20.0 Å². The van der Waals surface area contributed by atoms with E-state index in [4.69, 9.17) is 5.11 Å². The van der Waals surface area contributed by atoms with E-state index in [0.29, 0.717) is 17.2 Å². The Bertz CT molecular complexity index is 734. The number of nitrogens with zero attached hydrogens (tertiary/aromatic N) is 4. The molecular weight excluding hydrogens is 290 g/mol. The van der Waals surface area contributed by atoms with Crippen molar-refractivity contribution >= 4 is 32.6 Å². The second kappa shape index (κ2) is 5.98. The van der Waals surface area contributed by atoms with Crippen molar-refractivity contribution in [3.05, 3.63) is 36.2 Å². The lowest BCUT2D eigenvalue weighted by Crippen LogP contribution is -2.19. The Morgan fingerprint density at radius 2 is 2.24 bits per heavy atom. The highest BCUT2D eigenvalue weighted by Gasteiger charge is 2.09. The third-order valence-corrected chi connectivity index (χ3v) is 3.75. The second-order valence-corrected chi connectivity index (χ2v) is 5.45. The number of hydrogen-bond acceptors (Lipinski definition) is 6.